The van der Waals surface area contributed by atoms with E-state index in [-0.39, 0.29) is 0 Å². The molecule has 0 spiro atoms. The molecular weight excluding hydrogens is 250 g/mol. The van der Waals surface area contributed by atoms with Crippen molar-refractivity contribution in [3.8, 4) is 0 Å². The summed E-state index contributed by atoms with van der Waals surface area (Å²) in [4.78, 5) is 11.4. The molecule has 4 nitrogen and oxygen atoms in total. The summed E-state index contributed by atoms with van der Waals surface area (Å²) in [6.45, 7) is 7.52. The van der Waals surface area contributed by atoms with Gasteiger partial charge in [-0.05, 0) is 57.7 Å². The molecule has 0 N–H and O–H groups in total. The van der Waals surface area contributed by atoms with Gasteiger partial charge in [-0.1, -0.05) is 0 Å². The second-order valence-electron chi connectivity index (χ2n) is 6.19. The standard InChI is InChI=1S/C16H25N3O/c1-13-17-7-4-16(18-13)15-5-8-19(9-6-15)11-14-3-2-10-20-12-14/h4,7,14-15H,2-3,5-6,8-12H2,1H3/t14-/m0/s1. The highest BCUT2D eigenvalue weighted by atomic mass is 16.5. The van der Waals surface area contributed by atoms with Crippen LogP contribution in [0.4, 0.5) is 0 Å². The van der Waals surface area contributed by atoms with Crippen molar-refractivity contribution < 1.29 is 4.74 Å². The second-order valence-corrected chi connectivity index (χ2v) is 6.19. The zero-order chi connectivity index (χ0) is 13.8. The van der Waals surface area contributed by atoms with Crippen LogP contribution in [-0.4, -0.2) is 47.7 Å². The third kappa shape index (κ3) is 3.55. The van der Waals surface area contributed by atoms with E-state index in [1.165, 1.54) is 51.0 Å². The Balaban J connectivity index is 1.49. The molecule has 4 heteroatoms. The number of piperidine rings is 1. The molecule has 1 aromatic rings. The van der Waals surface area contributed by atoms with E-state index in [4.69, 9.17) is 4.74 Å². The maximum atomic E-state index is 5.58. The molecule has 0 unspecified atom stereocenters. The Bertz CT molecular complexity index is 423. The maximum Gasteiger partial charge on any atom is 0.125 e. The molecule has 0 aliphatic carbocycles. The fraction of sp³-hybridized carbons (Fsp3) is 0.750. The van der Waals surface area contributed by atoms with E-state index in [0.717, 1.165) is 25.0 Å². The molecule has 2 aliphatic heterocycles. The number of aryl methyl sites for hydroxylation is 1. The maximum absolute atomic E-state index is 5.58. The highest BCUT2D eigenvalue weighted by molar-refractivity contribution is 5.09. The summed E-state index contributed by atoms with van der Waals surface area (Å²) < 4.78 is 5.58. The van der Waals surface area contributed by atoms with Gasteiger partial charge in [0.05, 0.1) is 6.61 Å². The molecular formula is C16H25N3O. The van der Waals surface area contributed by atoms with Crippen LogP contribution < -0.4 is 0 Å². The second kappa shape index (κ2) is 6.64. The molecule has 2 aliphatic rings. The van der Waals surface area contributed by atoms with Crippen LogP contribution in [-0.2, 0) is 4.74 Å². The molecule has 0 radical (unpaired) electrons. The van der Waals surface area contributed by atoms with Gasteiger partial charge >= 0.3 is 0 Å². The molecule has 2 saturated heterocycles. The van der Waals surface area contributed by atoms with Crippen LogP contribution in [0.1, 0.15) is 43.1 Å². The quantitative estimate of drug-likeness (QED) is 0.849. The van der Waals surface area contributed by atoms with E-state index in [0.29, 0.717) is 5.92 Å². The molecule has 20 heavy (non-hydrogen) atoms. The van der Waals surface area contributed by atoms with E-state index in [2.05, 4.69) is 20.9 Å². The summed E-state index contributed by atoms with van der Waals surface area (Å²) >= 11 is 0. The lowest BCUT2D eigenvalue weighted by Gasteiger charge is -2.35. The van der Waals surface area contributed by atoms with Gasteiger partial charge < -0.3 is 9.64 Å². The largest absolute Gasteiger partial charge is 0.381 e. The molecule has 3 rings (SSSR count). The minimum absolute atomic E-state index is 0.621. The molecule has 0 aromatic carbocycles. The van der Waals surface area contributed by atoms with Crippen LogP contribution in [0.5, 0.6) is 0 Å². The predicted octanol–water partition coefficient (Wildman–Crippen LogP) is 2.39. The molecule has 1 atom stereocenters. The van der Waals surface area contributed by atoms with Crippen LogP contribution in [0.3, 0.4) is 0 Å². The van der Waals surface area contributed by atoms with Gasteiger partial charge in [-0.3, -0.25) is 0 Å². The van der Waals surface area contributed by atoms with Gasteiger partial charge in [0.2, 0.25) is 0 Å². The van der Waals surface area contributed by atoms with Crippen molar-refractivity contribution in [1.82, 2.24) is 14.9 Å². The fourth-order valence-corrected chi connectivity index (χ4v) is 3.43. The summed E-state index contributed by atoms with van der Waals surface area (Å²) in [5.41, 5.74) is 1.23. The number of hydrogen-bond donors (Lipinski definition) is 0. The number of ether oxygens (including phenoxy) is 1. The summed E-state index contributed by atoms with van der Waals surface area (Å²) in [5, 5.41) is 0. The lowest BCUT2D eigenvalue weighted by molar-refractivity contribution is 0.0345. The third-order valence-electron chi connectivity index (χ3n) is 4.57. The van der Waals surface area contributed by atoms with Gasteiger partial charge in [0.1, 0.15) is 5.82 Å². The number of rotatable bonds is 3. The summed E-state index contributed by atoms with van der Waals surface area (Å²) in [6, 6.07) is 2.09. The van der Waals surface area contributed by atoms with Gasteiger partial charge in [0, 0.05) is 31.0 Å². The first-order chi connectivity index (χ1) is 9.81. The average molecular weight is 275 g/mol. The van der Waals surface area contributed by atoms with Gasteiger partial charge in [-0.2, -0.15) is 0 Å². The van der Waals surface area contributed by atoms with Crippen molar-refractivity contribution in [3.05, 3.63) is 23.8 Å². The van der Waals surface area contributed by atoms with E-state index < -0.39 is 0 Å². The van der Waals surface area contributed by atoms with Crippen molar-refractivity contribution in [2.75, 3.05) is 32.8 Å². The van der Waals surface area contributed by atoms with Crippen molar-refractivity contribution >= 4 is 0 Å². The summed E-state index contributed by atoms with van der Waals surface area (Å²) in [5.74, 6) is 2.27. The van der Waals surface area contributed by atoms with Crippen LogP contribution in [0.15, 0.2) is 12.3 Å². The van der Waals surface area contributed by atoms with Gasteiger partial charge in [0.25, 0.3) is 0 Å². The monoisotopic (exact) mass is 275 g/mol. The lowest BCUT2D eigenvalue weighted by atomic mass is 9.92. The van der Waals surface area contributed by atoms with E-state index >= 15 is 0 Å². The van der Waals surface area contributed by atoms with Crippen molar-refractivity contribution in [3.63, 3.8) is 0 Å². The normalized spacial score (nSPS) is 25.8. The Morgan fingerprint density at radius 2 is 2.15 bits per heavy atom. The van der Waals surface area contributed by atoms with Crippen LogP contribution in [0.25, 0.3) is 0 Å². The Morgan fingerprint density at radius 3 is 2.85 bits per heavy atom. The van der Waals surface area contributed by atoms with Crippen LogP contribution in [0.2, 0.25) is 0 Å². The van der Waals surface area contributed by atoms with Gasteiger partial charge in [-0.15, -0.1) is 0 Å². The summed E-state index contributed by atoms with van der Waals surface area (Å²) in [7, 11) is 0. The minimum Gasteiger partial charge on any atom is -0.381 e. The lowest BCUT2D eigenvalue weighted by Crippen LogP contribution is -2.38. The van der Waals surface area contributed by atoms with Crippen LogP contribution >= 0.6 is 0 Å². The molecule has 1 aromatic heterocycles. The fourth-order valence-electron chi connectivity index (χ4n) is 3.43. The van der Waals surface area contributed by atoms with Gasteiger partial charge in [0.15, 0.2) is 0 Å². The van der Waals surface area contributed by atoms with Crippen molar-refractivity contribution in [1.29, 1.82) is 0 Å². The molecule has 2 fully saturated rings. The number of likely N-dealkylation sites (tertiary alicyclic amines) is 1. The molecule has 110 valence electrons. The smallest absolute Gasteiger partial charge is 0.125 e. The Labute approximate surface area is 121 Å². The zero-order valence-corrected chi connectivity index (χ0v) is 12.4. The zero-order valence-electron chi connectivity index (χ0n) is 12.4. The van der Waals surface area contributed by atoms with E-state index in [1.54, 1.807) is 0 Å². The third-order valence-corrected chi connectivity index (χ3v) is 4.57. The number of hydrogen-bond acceptors (Lipinski definition) is 4. The van der Waals surface area contributed by atoms with E-state index in [9.17, 15) is 0 Å². The highest BCUT2D eigenvalue weighted by Gasteiger charge is 2.24. The number of nitrogens with zero attached hydrogens (tertiary/aromatic N) is 3. The summed E-state index contributed by atoms with van der Waals surface area (Å²) in [6.07, 6.45) is 6.92. The van der Waals surface area contributed by atoms with Crippen molar-refractivity contribution in [2.45, 2.75) is 38.5 Å². The molecule has 3 heterocycles. The number of aromatic nitrogens is 2. The predicted molar refractivity (Wildman–Crippen MR) is 78.7 cm³/mol. The van der Waals surface area contributed by atoms with Crippen molar-refractivity contribution in [2.24, 2.45) is 5.92 Å². The molecule has 0 saturated carbocycles. The van der Waals surface area contributed by atoms with E-state index in [1.807, 2.05) is 13.1 Å². The SMILES string of the molecule is Cc1nccc(C2CCN(C[C@@H]3CCCOC3)CC2)n1. The Morgan fingerprint density at radius 1 is 1.30 bits per heavy atom. The first-order valence-corrected chi connectivity index (χ1v) is 7.91. The van der Waals surface area contributed by atoms with Crippen LogP contribution in [0, 0.1) is 12.8 Å². The topological polar surface area (TPSA) is 38.2 Å². The first-order valence-electron chi connectivity index (χ1n) is 7.91. The minimum atomic E-state index is 0.621. The average Bonchev–Trinajstić information content (AvgIpc) is 2.49. The highest BCUT2D eigenvalue weighted by Crippen LogP contribution is 2.27. The first kappa shape index (κ1) is 14.0. The molecule has 0 amide bonds. The Kier molecular flexibility index (Phi) is 4.63. The Hall–Kier alpha value is -1.00. The van der Waals surface area contributed by atoms with Gasteiger partial charge in [-0.25, -0.2) is 9.97 Å². The molecule has 0 bridgehead atoms.